The van der Waals surface area contributed by atoms with Gasteiger partial charge in [0.25, 0.3) is 5.91 Å². The number of amides is 2. The summed E-state index contributed by atoms with van der Waals surface area (Å²) in [6.07, 6.45) is -0.0295. The van der Waals surface area contributed by atoms with Gasteiger partial charge in [-0.2, -0.15) is 0 Å². The van der Waals surface area contributed by atoms with Crippen LogP contribution in [-0.4, -0.2) is 44.1 Å². The van der Waals surface area contributed by atoms with E-state index >= 15 is 0 Å². The number of thiazole rings is 1. The SMILES string of the molecule is COC(=O)c1ccccc1NC(=O)Cc1csc(NC(=O)c2ccc(OC)c(OC)c2)n1. The Morgan fingerprint density at radius 2 is 1.72 bits per heavy atom. The molecule has 3 rings (SSSR count). The van der Waals surface area contributed by atoms with Gasteiger partial charge in [0.1, 0.15) is 0 Å². The Kier molecular flexibility index (Phi) is 7.40. The highest BCUT2D eigenvalue weighted by molar-refractivity contribution is 7.14. The second-order valence-corrected chi connectivity index (χ2v) is 7.29. The average Bonchev–Trinajstić information content (AvgIpc) is 3.24. The van der Waals surface area contributed by atoms with Crippen LogP contribution in [0.2, 0.25) is 0 Å². The predicted octanol–water partition coefficient (Wildman–Crippen LogP) is 3.38. The van der Waals surface area contributed by atoms with Gasteiger partial charge in [-0.05, 0) is 30.3 Å². The van der Waals surface area contributed by atoms with E-state index in [-0.39, 0.29) is 23.8 Å². The van der Waals surface area contributed by atoms with Crippen LogP contribution in [0.15, 0.2) is 47.8 Å². The second-order valence-electron chi connectivity index (χ2n) is 6.43. The molecule has 0 fully saturated rings. The van der Waals surface area contributed by atoms with E-state index in [1.54, 1.807) is 47.8 Å². The molecule has 0 aliphatic carbocycles. The third-order valence-corrected chi connectivity index (χ3v) is 5.17. The van der Waals surface area contributed by atoms with Crippen molar-refractivity contribution in [2.24, 2.45) is 0 Å². The number of nitrogens with one attached hydrogen (secondary N) is 2. The fourth-order valence-electron chi connectivity index (χ4n) is 2.83. The van der Waals surface area contributed by atoms with Gasteiger partial charge < -0.3 is 19.5 Å². The van der Waals surface area contributed by atoms with Crippen molar-refractivity contribution in [1.29, 1.82) is 0 Å². The van der Waals surface area contributed by atoms with Crippen LogP contribution in [0.1, 0.15) is 26.4 Å². The summed E-state index contributed by atoms with van der Waals surface area (Å²) in [5.41, 5.74) is 1.45. The van der Waals surface area contributed by atoms with Gasteiger partial charge in [0.05, 0.1) is 44.7 Å². The number of nitrogens with zero attached hydrogens (tertiary/aromatic N) is 1. The molecule has 166 valence electrons. The Morgan fingerprint density at radius 1 is 0.969 bits per heavy atom. The lowest BCUT2D eigenvalue weighted by Gasteiger charge is -2.09. The number of para-hydroxylation sites is 1. The summed E-state index contributed by atoms with van der Waals surface area (Å²) in [5.74, 6) is -0.327. The van der Waals surface area contributed by atoms with Crippen LogP contribution in [0.4, 0.5) is 10.8 Å². The summed E-state index contributed by atoms with van der Waals surface area (Å²) in [6, 6.07) is 11.4. The molecule has 10 heteroatoms. The molecule has 2 N–H and O–H groups in total. The van der Waals surface area contributed by atoms with Crippen molar-refractivity contribution in [2.45, 2.75) is 6.42 Å². The van der Waals surface area contributed by atoms with Crippen molar-refractivity contribution in [3.05, 3.63) is 64.7 Å². The number of ether oxygens (including phenoxy) is 3. The predicted molar refractivity (Wildman–Crippen MR) is 120 cm³/mol. The first-order chi connectivity index (χ1) is 15.4. The van der Waals surface area contributed by atoms with Gasteiger partial charge in [-0.25, -0.2) is 9.78 Å². The summed E-state index contributed by atoms with van der Waals surface area (Å²) >= 11 is 1.20. The van der Waals surface area contributed by atoms with Crippen LogP contribution in [0.5, 0.6) is 11.5 Å². The van der Waals surface area contributed by atoms with Crippen molar-refractivity contribution in [3.8, 4) is 11.5 Å². The number of anilines is 2. The number of hydrogen-bond acceptors (Lipinski definition) is 8. The molecular formula is C22H21N3O6S. The van der Waals surface area contributed by atoms with Gasteiger partial charge in [-0.3, -0.25) is 14.9 Å². The third-order valence-electron chi connectivity index (χ3n) is 4.37. The van der Waals surface area contributed by atoms with E-state index in [2.05, 4.69) is 15.6 Å². The average molecular weight is 455 g/mol. The van der Waals surface area contributed by atoms with E-state index in [4.69, 9.17) is 14.2 Å². The lowest BCUT2D eigenvalue weighted by atomic mass is 10.1. The fourth-order valence-corrected chi connectivity index (χ4v) is 3.54. The van der Waals surface area contributed by atoms with Gasteiger partial charge >= 0.3 is 5.97 Å². The number of esters is 1. The van der Waals surface area contributed by atoms with Gasteiger partial charge in [0.2, 0.25) is 5.91 Å². The Morgan fingerprint density at radius 3 is 2.44 bits per heavy atom. The van der Waals surface area contributed by atoms with E-state index in [0.29, 0.717) is 33.6 Å². The zero-order valence-electron chi connectivity index (χ0n) is 17.6. The normalized spacial score (nSPS) is 10.2. The van der Waals surface area contributed by atoms with Crippen molar-refractivity contribution >= 4 is 39.9 Å². The van der Waals surface area contributed by atoms with Crippen LogP contribution >= 0.6 is 11.3 Å². The van der Waals surface area contributed by atoms with Crippen LogP contribution in [-0.2, 0) is 16.0 Å². The van der Waals surface area contributed by atoms with Crippen LogP contribution < -0.4 is 20.1 Å². The quantitative estimate of drug-likeness (QED) is 0.500. The molecule has 0 bridgehead atoms. The number of rotatable bonds is 8. The minimum absolute atomic E-state index is 0.0295. The molecule has 0 spiro atoms. The fraction of sp³-hybridized carbons (Fsp3) is 0.182. The van der Waals surface area contributed by atoms with E-state index in [1.165, 1.54) is 32.7 Å². The third kappa shape index (κ3) is 5.41. The molecule has 1 heterocycles. The largest absolute Gasteiger partial charge is 0.493 e. The number of benzene rings is 2. The van der Waals surface area contributed by atoms with Crippen LogP contribution in [0, 0.1) is 0 Å². The van der Waals surface area contributed by atoms with Gasteiger partial charge in [-0.1, -0.05) is 12.1 Å². The molecule has 0 saturated carbocycles. The van der Waals surface area contributed by atoms with Gasteiger partial charge in [0, 0.05) is 10.9 Å². The minimum Gasteiger partial charge on any atom is -0.493 e. The maximum Gasteiger partial charge on any atom is 0.339 e. The zero-order valence-corrected chi connectivity index (χ0v) is 18.4. The first kappa shape index (κ1) is 22.8. The van der Waals surface area contributed by atoms with Crippen LogP contribution in [0.3, 0.4) is 0 Å². The molecule has 2 aromatic carbocycles. The molecule has 0 unspecified atom stereocenters. The van der Waals surface area contributed by atoms with Crippen molar-refractivity contribution in [2.75, 3.05) is 32.0 Å². The maximum absolute atomic E-state index is 12.5. The van der Waals surface area contributed by atoms with E-state index < -0.39 is 5.97 Å². The second kappa shape index (κ2) is 10.4. The molecule has 0 atom stereocenters. The number of hydrogen-bond donors (Lipinski definition) is 2. The maximum atomic E-state index is 12.5. The highest BCUT2D eigenvalue weighted by atomic mass is 32.1. The molecule has 3 aromatic rings. The Bertz CT molecular complexity index is 1140. The summed E-state index contributed by atoms with van der Waals surface area (Å²) in [5, 5.41) is 7.41. The summed E-state index contributed by atoms with van der Waals surface area (Å²) in [6.45, 7) is 0. The lowest BCUT2D eigenvalue weighted by molar-refractivity contribution is -0.115. The molecule has 2 amide bonds. The van der Waals surface area contributed by atoms with Gasteiger partial charge in [0.15, 0.2) is 16.6 Å². The first-order valence-corrected chi connectivity index (χ1v) is 10.3. The summed E-state index contributed by atoms with van der Waals surface area (Å²) in [7, 11) is 4.27. The highest BCUT2D eigenvalue weighted by Crippen LogP contribution is 2.28. The van der Waals surface area contributed by atoms with E-state index in [0.717, 1.165) is 0 Å². The lowest BCUT2D eigenvalue weighted by Crippen LogP contribution is -2.17. The molecule has 0 aliphatic rings. The molecular weight excluding hydrogens is 434 g/mol. The molecule has 1 aromatic heterocycles. The smallest absolute Gasteiger partial charge is 0.339 e. The number of aromatic nitrogens is 1. The van der Waals surface area contributed by atoms with Crippen LogP contribution in [0.25, 0.3) is 0 Å². The van der Waals surface area contributed by atoms with Crippen molar-refractivity contribution in [3.63, 3.8) is 0 Å². The summed E-state index contributed by atoms with van der Waals surface area (Å²) < 4.78 is 15.1. The van der Waals surface area contributed by atoms with Crippen molar-refractivity contribution < 1.29 is 28.6 Å². The number of methoxy groups -OCH3 is 3. The standard InChI is InChI=1S/C22H21N3O6S/c1-29-17-9-8-13(10-18(17)30-2)20(27)25-22-23-14(12-32-22)11-19(26)24-16-7-5-4-6-15(16)21(28)31-3/h4-10,12H,11H2,1-3H3,(H,24,26)(H,23,25,27). The van der Waals surface area contributed by atoms with E-state index in [1.807, 2.05) is 0 Å². The topological polar surface area (TPSA) is 116 Å². The Labute approximate surface area is 188 Å². The molecule has 0 aliphatic heterocycles. The van der Waals surface area contributed by atoms with Gasteiger partial charge in [-0.15, -0.1) is 11.3 Å². The monoisotopic (exact) mass is 455 g/mol. The zero-order chi connectivity index (χ0) is 23.1. The first-order valence-electron chi connectivity index (χ1n) is 9.40. The molecule has 9 nitrogen and oxygen atoms in total. The summed E-state index contributed by atoms with van der Waals surface area (Å²) in [4.78, 5) is 41.1. The minimum atomic E-state index is -0.547. The molecule has 0 saturated heterocycles. The number of carbonyl (C=O) groups is 3. The Hall–Kier alpha value is -3.92. The molecule has 32 heavy (non-hydrogen) atoms. The van der Waals surface area contributed by atoms with E-state index in [9.17, 15) is 14.4 Å². The molecule has 0 radical (unpaired) electrons. The Balaban J connectivity index is 1.63. The number of carbonyl (C=O) groups excluding carboxylic acids is 3. The van der Waals surface area contributed by atoms with Crippen molar-refractivity contribution in [1.82, 2.24) is 4.98 Å². The highest BCUT2D eigenvalue weighted by Gasteiger charge is 2.16.